The van der Waals surface area contributed by atoms with Gasteiger partial charge in [0.05, 0.1) is 12.1 Å². The van der Waals surface area contributed by atoms with Crippen LogP contribution in [0.4, 0.5) is 0 Å². The number of hydrogen-bond acceptors (Lipinski definition) is 4. The van der Waals surface area contributed by atoms with Gasteiger partial charge in [0.1, 0.15) is 0 Å². The highest BCUT2D eigenvalue weighted by atomic mass is 16.5. The molecule has 0 aromatic carbocycles. The molecule has 0 radical (unpaired) electrons. The summed E-state index contributed by atoms with van der Waals surface area (Å²) in [5, 5.41) is 0. The molecule has 2 rings (SSSR count). The average molecular weight is 317 g/mol. The first-order valence-corrected chi connectivity index (χ1v) is 7.91. The van der Waals surface area contributed by atoms with Crippen molar-refractivity contribution in [2.75, 3.05) is 0 Å². The second kappa shape index (κ2) is 6.94. The number of Topliss-reactive ketones (excluding diaryl/α,β-unsaturated/α-hetero) is 2. The largest absolute Gasteiger partial charge is 0.454 e. The molecule has 0 unspecified atom stereocenters. The second-order valence-electron chi connectivity index (χ2n) is 6.15. The molecule has 5 heteroatoms. The summed E-state index contributed by atoms with van der Waals surface area (Å²) in [6.45, 7) is 6.51. The van der Waals surface area contributed by atoms with Crippen LogP contribution in [0.15, 0.2) is 12.2 Å². The highest BCUT2D eigenvalue weighted by Gasteiger charge is 2.26. The molecule has 1 aromatic heterocycles. The standard InChI is InChI=1S/C18H23NO4/c1-10-16(12(3)20)11(2)19-17(10)18(22)13(4)23-15(21)9-14-7-5-6-8-14/h5,7,13-14,19H,6,8-9H2,1-4H3/t13-,14+/m1/s1. The van der Waals surface area contributed by atoms with Gasteiger partial charge < -0.3 is 9.72 Å². The van der Waals surface area contributed by atoms with Crippen molar-refractivity contribution in [2.24, 2.45) is 5.92 Å². The Kier molecular flexibility index (Phi) is 5.19. The summed E-state index contributed by atoms with van der Waals surface area (Å²) >= 11 is 0. The van der Waals surface area contributed by atoms with Crippen LogP contribution in [-0.4, -0.2) is 28.6 Å². The van der Waals surface area contributed by atoms with Crippen molar-refractivity contribution in [3.8, 4) is 0 Å². The number of nitrogens with one attached hydrogen (secondary N) is 1. The van der Waals surface area contributed by atoms with Crippen molar-refractivity contribution in [1.82, 2.24) is 4.98 Å². The van der Waals surface area contributed by atoms with Crippen molar-refractivity contribution < 1.29 is 19.1 Å². The van der Waals surface area contributed by atoms with E-state index in [1.54, 1.807) is 20.8 Å². The van der Waals surface area contributed by atoms with Gasteiger partial charge in [-0.15, -0.1) is 0 Å². The Morgan fingerprint density at radius 1 is 1.35 bits per heavy atom. The number of H-pyrrole nitrogens is 1. The van der Waals surface area contributed by atoms with Crippen molar-refractivity contribution in [1.29, 1.82) is 0 Å². The minimum atomic E-state index is -0.871. The fourth-order valence-electron chi connectivity index (χ4n) is 3.11. The summed E-state index contributed by atoms with van der Waals surface area (Å²) in [4.78, 5) is 39.0. The SMILES string of the molecule is CC(=O)c1c(C)[nH]c(C(=O)[C@@H](C)OC(=O)C[C@H]2C=CCC2)c1C. The Balaban J connectivity index is 2.05. The fourth-order valence-corrected chi connectivity index (χ4v) is 3.11. The number of aromatic nitrogens is 1. The Hall–Kier alpha value is -2.17. The van der Waals surface area contributed by atoms with Gasteiger partial charge in [0.2, 0.25) is 5.78 Å². The van der Waals surface area contributed by atoms with Crippen molar-refractivity contribution in [2.45, 2.75) is 53.1 Å². The third-order valence-electron chi connectivity index (χ3n) is 4.25. The van der Waals surface area contributed by atoms with Gasteiger partial charge in [-0.2, -0.15) is 0 Å². The number of carbonyl (C=O) groups is 3. The lowest BCUT2D eigenvalue weighted by Gasteiger charge is -2.13. The Labute approximate surface area is 136 Å². The summed E-state index contributed by atoms with van der Waals surface area (Å²) in [5.41, 5.74) is 2.14. The summed E-state index contributed by atoms with van der Waals surface area (Å²) in [5.74, 6) is -0.555. The maximum atomic E-state index is 12.5. The van der Waals surface area contributed by atoms with Crippen molar-refractivity contribution in [3.05, 3.63) is 34.7 Å². The maximum Gasteiger partial charge on any atom is 0.307 e. The first-order valence-electron chi connectivity index (χ1n) is 7.91. The predicted molar refractivity (Wildman–Crippen MR) is 86.6 cm³/mol. The Bertz CT molecular complexity index is 669. The van der Waals surface area contributed by atoms with Gasteiger partial charge in [0.15, 0.2) is 11.9 Å². The van der Waals surface area contributed by atoms with Gasteiger partial charge in [0.25, 0.3) is 0 Å². The van der Waals surface area contributed by atoms with Crippen LogP contribution in [0, 0.1) is 19.8 Å². The van der Waals surface area contributed by atoms with E-state index in [9.17, 15) is 14.4 Å². The zero-order valence-corrected chi connectivity index (χ0v) is 14.1. The number of ether oxygens (including phenoxy) is 1. The number of rotatable bonds is 6. The minimum absolute atomic E-state index is 0.0898. The quantitative estimate of drug-likeness (QED) is 0.496. The van der Waals surface area contributed by atoms with Gasteiger partial charge in [0, 0.05) is 11.3 Å². The Morgan fingerprint density at radius 3 is 2.57 bits per heavy atom. The smallest absolute Gasteiger partial charge is 0.307 e. The van der Waals surface area contributed by atoms with E-state index in [1.807, 2.05) is 6.08 Å². The van der Waals surface area contributed by atoms with Crippen LogP contribution >= 0.6 is 0 Å². The first-order chi connectivity index (χ1) is 10.8. The van der Waals surface area contributed by atoms with E-state index in [2.05, 4.69) is 11.1 Å². The number of allylic oxidation sites excluding steroid dienone is 2. The molecule has 0 saturated carbocycles. The topological polar surface area (TPSA) is 76.2 Å². The molecule has 0 amide bonds. The molecule has 0 bridgehead atoms. The fraction of sp³-hybridized carbons (Fsp3) is 0.500. The third-order valence-corrected chi connectivity index (χ3v) is 4.25. The monoisotopic (exact) mass is 317 g/mol. The van der Waals surface area contributed by atoms with E-state index in [1.165, 1.54) is 6.92 Å². The summed E-state index contributed by atoms with van der Waals surface area (Å²) in [7, 11) is 0. The molecule has 1 heterocycles. The van der Waals surface area contributed by atoms with Crippen LogP contribution in [0.1, 0.15) is 65.2 Å². The van der Waals surface area contributed by atoms with Crippen LogP contribution in [-0.2, 0) is 9.53 Å². The molecular formula is C18H23NO4. The molecule has 2 atom stereocenters. The van der Waals surface area contributed by atoms with Gasteiger partial charge in [-0.1, -0.05) is 12.2 Å². The molecule has 1 N–H and O–H groups in total. The molecule has 5 nitrogen and oxygen atoms in total. The number of hydrogen-bond donors (Lipinski definition) is 1. The van der Waals surface area contributed by atoms with Gasteiger partial charge in [-0.05, 0) is 52.0 Å². The highest BCUT2D eigenvalue weighted by Crippen LogP contribution is 2.23. The molecule has 1 aromatic rings. The lowest BCUT2D eigenvalue weighted by Crippen LogP contribution is -2.26. The van der Waals surface area contributed by atoms with Gasteiger partial charge >= 0.3 is 5.97 Å². The van der Waals surface area contributed by atoms with Gasteiger partial charge in [-0.25, -0.2) is 0 Å². The van der Waals surface area contributed by atoms with E-state index >= 15 is 0 Å². The number of ketones is 2. The molecule has 0 spiro atoms. The van der Waals surface area contributed by atoms with Gasteiger partial charge in [-0.3, -0.25) is 14.4 Å². The molecule has 0 saturated heterocycles. The zero-order chi connectivity index (χ0) is 17.1. The molecule has 0 aliphatic heterocycles. The number of esters is 1. The highest BCUT2D eigenvalue weighted by molar-refractivity contribution is 6.05. The molecule has 23 heavy (non-hydrogen) atoms. The zero-order valence-electron chi connectivity index (χ0n) is 14.1. The summed E-state index contributed by atoms with van der Waals surface area (Å²) < 4.78 is 5.27. The molecular weight excluding hydrogens is 294 g/mol. The van der Waals surface area contributed by atoms with E-state index in [4.69, 9.17) is 4.74 Å². The summed E-state index contributed by atoms with van der Waals surface area (Å²) in [6, 6.07) is 0. The number of aryl methyl sites for hydroxylation is 1. The van der Waals surface area contributed by atoms with E-state index in [0.717, 1.165) is 12.8 Å². The normalized spacial score (nSPS) is 18.0. The maximum absolute atomic E-state index is 12.5. The van der Waals surface area contributed by atoms with Crippen LogP contribution in [0.25, 0.3) is 0 Å². The minimum Gasteiger partial charge on any atom is -0.454 e. The van der Waals surface area contributed by atoms with Crippen molar-refractivity contribution >= 4 is 17.5 Å². The van der Waals surface area contributed by atoms with Crippen LogP contribution in [0.2, 0.25) is 0 Å². The van der Waals surface area contributed by atoms with Crippen LogP contribution in [0.5, 0.6) is 0 Å². The third kappa shape index (κ3) is 3.78. The first kappa shape index (κ1) is 17.2. The average Bonchev–Trinajstić information content (AvgIpc) is 3.05. The van der Waals surface area contributed by atoms with Crippen LogP contribution in [0.3, 0.4) is 0 Å². The van der Waals surface area contributed by atoms with E-state index < -0.39 is 6.10 Å². The lowest BCUT2D eigenvalue weighted by atomic mass is 10.0. The number of carbonyl (C=O) groups excluding carboxylic acids is 3. The predicted octanol–water partition coefficient (Wildman–Crippen LogP) is 3.30. The van der Waals surface area contributed by atoms with E-state index in [0.29, 0.717) is 28.9 Å². The summed E-state index contributed by atoms with van der Waals surface area (Å²) in [6.07, 6.45) is 5.45. The molecule has 0 fully saturated rings. The second-order valence-corrected chi connectivity index (χ2v) is 6.15. The van der Waals surface area contributed by atoms with Crippen LogP contribution < -0.4 is 0 Å². The lowest BCUT2D eigenvalue weighted by molar-refractivity contribution is -0.147. The molecule has 124 valence electrons. The van der Waals surface area contributed by atoms with E-state index in [-0.39, 0.29) is 23.5 Å². The Morgan fingerprint density at radius 2 is 2.04 bits per heavy atom. The molecule has 1 aliphatic rings. The van der Waals surface area contributed by atoms with Crippen molar-refractivity contribution in [3.63, 3.8) is 0 Å². The molecule has 1 aliphatic carbocycles. The number of aromatic amines is 1.